The van der Waals surface area contributed by atoms with Crippen LogP contribution in [0.25, 0.3) is 5.69 Å². The van der Waals surface area contributed by atoms with Gasteiger partial charge in [0.2, 0.25) is 5.95 Å². The van der Waals surface area contributed by atoms with E-state index < -0.39 is 0 Å². The molecule has 0 spiro atoms. The Labute approximate surface area is 157 Å². The van der Waals surface area contributed by atoms with E-state index in [1.54, 1.807) is 11.8 Å². The SMILES string of the molecule is Cc1ccccc1-n1c(SCc2nccn2C)nnc1N1CCOCC1. The highest BCUT2D eigenvalue weighted by atomic mass is 32.2. The molecule has 0 radical (unpaired) electrons. The summed E-state index contributed by atoms with van der Waals surface area (Å²) in [7, 11) is 2.01. The third-order valence-corrected chi connectivity index (χ3v) is 5.44. The molecule has 1 aliphatic heterocycles. The van der Waals surface area contributed by atoms with Gasteiger partial charge in [-0.15, -0.1) is 10.2 Å². The summed E-state index contributed by atoms with van der Waals surface area (Å²) in [5.74, 6) is 2.64. The van der Waals surface area contributed by atoms with Gasteiger partial charge in [-0.2, -0.15) is 0 Å². The third kappa shape index (κ3) is 3.34. The van der Waals surface area contributed by atoms with Crippen molar-refractivity contribution in [2.45, 2.75) is 17.8 Å². The molecule has 1 saturated heterocycles. The van der Waals surface area contributed by atoms with Crippen molar-refractivity contribution in [2.75, 3.05) is 31.2 Å². The zero-order valence-electron chi connectivity index (χ0n) is 15.0. The van der Waals surface area contributed by atoms with Crippen LogP contribution in [-0.4, -0.2) is 50.6 Å². The van der Waals surface area contributed by atoms with Crippen LogP contribution in [0.15, 0.2) is 41.8 Å². The second-order valence-corrected chi connectivity index (χ2v) is 7.19. The Morgan fingerprint density at radius 2 is 1.96 bits per heavy atom. The Bertz CT molecular complexity index is 883. The number of rotatable bonds is 5. The van der Waals surface area contributed by atoms with Crippen molar-refractivity contribution in [3.05, 3.63) is 48.0 Å². The molecule has 8 heteroatoms. The molecule has 0 bridgehead atoms. The van der Waals surface area contributed by atoms with E-state index in [4.69, 9.17) is 4.74 Å². The molecule has 136 valence electrons. The number of nitrogens with zero attached hydrogens (tertiary/aromatic N) is 6. The Morgan fingerprint density at radius 3 is 2.69 bits per heavy atom. The molecule has 0 amide bonds. The van der Waals surface area contributed by atoms with E-state index in [9.17, 15) is 0 Å². The number of benzene rings is 1. The summed E-state index contributed by atoms with van der Waals surface area (Å²) in [6.45, 7) is 5.21. The summed E-state index contributed by atoms with van der Waals surface area (Å²) in [4.78, 5) is 6.65. The highest BCUT2D eigenvalue weighted by molar-refractivity contribution is 7.98. The van der Waals surface area contributed by atoms with Gasteiger partial charge in [-0.25, -0.2) is 4.98 Å². The smallest absolute Gasteiger partial charge is 0.232 e. The van der Waals surface area contributed by atoms with Crippen molar-refractivity contribution in [3.63, 3.8) is 0 Å². The van der Waals surface area contributed by atoms with Crippen LogP contribution >= 0.6 is 11.8 Å². The molecule has 1 aromatic carbocycles. The quantitative estimate of drug-likeness (QED) is 0.643. The second-order valence-electron chi connectivity index (χ2n) is 6.25. The highest BCUT2D eigenvalue weighted by Gasteiger charge is 2.22. The molecule has 0 unspecified atom stereocenters. The Balaban J connectivity index is 1.70. The van der Waals surface area contributed by atoms with Crippen LogP contribution < -0.4 is 4.90 Å². The van der Waals surface area contributed by atoms with Gasteiger partial charge in [-0.05, 0) is 18.6 Å². The molecule has 0 atom stereocenters. The van der Waals surface area contributed by atoms with E-state index in [0.717, 1.165) is 54.7 Å². The fraction of sp³-hybridized carbons (Fsp3) is 0.389. The lowest BCUT2D eigenvalue weighted by atomic mass is 10.2. The second kappa shape index (κ2) is 7.51. The molecule has 3 aromatic rings. The lowest BCUT2D eigenvalue weighted by Gasteiger charge is -2.28. The number of thioether (sulfide) groups is 1. The van der Waals surface area contributed by atoms with Gasteiger partial charge in [-0.3, -0.25) is 4.57 Å². The van der Waals surface area contributed by atoms with E-state index in [-0.39, 0.29) is 0 Å². The molecule has 3 heterocycles. The van der Waals surface area contributed by atoms with Gasteiger partial charge in [0, 0.05) is 32.5 Å². The fourth-order valence-corrected chi connectivity index (χ4v) is 3.96. The highest BCUT2D eigenvalue weighted by Crippen LogP contribution is 2.30. The van der Waals surface area contributed by atoms with Gasteiger partial charge in [0.05, 0.1) is 24.7 Å². The molecule has 4 rings (SSSR count). The minimum Gasteiger partial charge on any atom is -0.378 e. The zero-order chi connectivity index (χ0) is 17.9. The summed E-state index contributed by atoms with van der Waals surface area (Å²) >= 11 is 1.66. The van der Waals surface area contributed by atoms with Crippen molar-refractivity contribution in [1.29, 1.82) is 0 Å². The van der Waals surface area contributed by atoms with Crippen LogP contribution in [-0.2, 0) is 17.5 Å². The lowest BCUT2D eigenvalue weighted by molar-refractivity contribution is 0.122. The Morgan fingerprint density at radius 1 is 1.15 bits per heavy atom. The van der Waals surface area contributed by atoms with Gasteiger partial charge >= 0.3 is 0 Å². The average Bonchev–Trinajstić information content (AvgIpc) is 3.27. The van der Waals surface area contributed by atoms with Crippen LogP contribution in [0.3, 0.4) is 0 Å². The summed E-state index contributed by atoms with van der Waals surface area (Å²) < 4.78 is 9.68. The number of aryl methyl sites for hydroxylation is 2. The van der Waals surface area contributed by atoms with Gasteiger partial charge in [0.1, 0.15) is 5.82 Å². The first-order valence-corrected chi connectivity index (χ1v) is 9.65. The van der Waals surface area contributed by atoms with Crippen LogP contribution in [0.4, 0.5) is 5.95 Å². The fourth-order valence-electron chi connectivity index (χ4n) is 3.01. The van der Waals surface area contributed by atoms with Crippen molar-refractivity contribution >= 4 is 17.7 Å². The maximum Gasteiger partial charge on any atom is 0.232 e. The normalized spacial score (nSPS) is 14.8. The molecular formula is C18H22N6OS. The average molecular weight is 370 g/mol. The van der Waals surface area contributed by atoms with Crippen molar-refractivity contribution < 1.29 is 4.74 Å². The number of para-hydroxylation sites is 1. The monoisotopic (exact) mass is 370 g/mol. The number of imidazole rings is 1. The van der Waals surface area contributed by atoms with Crippen LogP contribution in [0, 0.1) is 6.92 Å². The predicted molar refractivity (Wildman–Crippen MR) is 102 cm³/mol. The first kappa shape index (κ1) is 17.1. The number of ether oxygens (including phenoxy) is 1. The Kier molecular flexibility index (Phi) is 4.94. The number of hydrogen-bond acceptors (Lipinski definition) is 6. The zero-order valence-corrected chi connectivity index (χ0v) is 15.8. The minimum absolute atomic E-state index is 0.719. The molecule has 7 nitrogen and oxygen atoms in total. The first-order valence-electron chi connectivity index (χ1n) is 8.67. The van der Waals surface area contributed by atoms with Gasteiger partial charge in [0.15, 0.2) is 5.16 Å². The molecule has 0 N–H and O–H groups in total. The molecule has 1 fully saturated rings. The van der Waals surface area contributed by atoms with Gasteiger partial charge in [-0.1, -0.05) is 30.0 Å². The maximum atomic E-state index is 5.49. The van der Waals surface area contributed by atoms with Gasteiger partial charge < -0.3 is 14.2 Å². The standard InChI is InChI=1S/C18H22N6OS/c1-14-5-3-4-6-15(14)24-17(23-9-11-25-12-10-23)20-21-18(24)26-13-16-19-7-8-22(16)2/h3-8H,9-13H2,1-2H3. The summed E-state index contributed by atoms with van der Waals surface area (Å²) in [5.41, 5.74) is 2.31. The third-order valence-electron chi connectivity index (χ3n) is 4.52. The number of anilines is 1. The molecule has 0 aliphatic carbocycles. The number of morpholine rings is 1. The first-order chi connectivity index (χ1) is 12.7. The predicted octanol–water partition coefficient (Wildman–Crippen LogP) is 2.44. The van der Waals surface area contributed by atoms with Gasteiger partial charge in [0.25, 0.3) is 0 Å². The topological polar surface area (TPSA) is 61.0 Å². The van der Waals surface area contributed by atoms with E-state index in [0.29, 0.717) is 0 Å². The maximum absolute atomic E-state index is 5.49. The van der Waals surface area contributed by atoms with Crippen LogP contribution in [0.5, 0.6) is 0 Å². The van der Waals surface area contributed by atoms with Crippen molar-refractivity contribution in [2.24, 2.45) is 7.05 Å². The molecule has 26 heavy (non-hydrogen) atoms. The van der Waals surface area contributed by atoms with Crippen molar-refractivity contribution in [3.8, 4) is 5.69 Å². The summed E-state index contributed by atoms with van der Waals surface area (Å²) in [6, 6.07) is 8.34. The summed E-state index contributed by atoms with van der Waals surface area (Å²) in [5, 5.41) is 9.89. The number of aromatic nitrogens is 5. The molecule has 1 aliphatic rings. The molecular weight excluding hydrogens is 348 g/mol. The van der Waals surface area contributed by atoms with Crippen LogP contribution in [0.2, 0.25) is 0 Å². The van der Waals surface area contributed by atoms with E-state index in [1.807, 2.05) is 24.0 Å². The molecule has 2 aromatic heterocycles. The lowest BCUT2D eigenvalue weighted by Crippen LogP contribution is -2.38. The molecule has 0 saturated carbocycles. The Hall–Kier alpha value is -2.32. The van der Waals surface area contributed by atoms with Crippen LogP contribution in [0.1, 0.15) is 11.4 Å². The summed E-state index contributed by atoms with van der Waals surface area (Å²) in [6.07, 6.45) is 3.78. The van der Waals surface area contributed by atoms with E-state index >= 15 is 0 Å². The van der Waals surface area contributed by atoms with Crippen molar-refractivity contribution in [1.82, 2.24) is 24.3 Å². The minimum atomic E-state index is 0.719. The van der Waals surface area contributed by atoms with E-state index in [2.05, 4.69) is 55.8 Å². The largest absolute Gasteiger partial charge is 0.378 e. The van der Waals surface area contributed by atoms with E-state index in [1.165, 1.54) is 5.56 Å². The number of hydrogen-bond donors (Lipinski definition) is 0.